The molecule has 24 heavy (non-hydrogen) atoms. The Morgan fingerprint density at radius 3 is 2.67 bits per heavy atom. The Bertz CT molecular complexity index is 659. The molecule has 0 bridgehead atoms. The number of hydrogen-bond donors (Lipinski definition) is 0. The van der Waals surface area contributed by atoms with Gasteiger partial charge in [0.1, 0.15) is 10.8 Å². The Morgan fingerprint density at radius 1 is 1.08 bits per heavy atom. The van der Waals surface area contributed by atoms with Gasteiger partial charge in [0.15, 0.2) is 0 Å². The van der Waals surface area contributed by atoms with E-state index in [0.717, 1.165) is 39.3 Å². The summed E-state index contributed by atoms with van der Waals surface area (Å²) in [6.07, 6.45) is 3.99. The van der Waals surface area contributed by atoms with Crippen molar-refractivity contribution in [1.29, 1.82) is 0 Å². The van der Waals surface area contributed by atoms with Crippen LogP contribution >= 0.6 is 11.3 Å². The van der Waals surface area contributed by atoms with Crippen molar-refractivity contribution in [2.45, 2.75) is 32.6 Å². The summed E-state index contributed by atoms with van der Waals surface area (Å²) in [6, 6.07) is 0.351. The number of rotatable bonds is 4. The lowest BCUT2D eigenvalue weighted by Gasteiger charge is -2.35. The number of piperazine rings is 1. The van der Waals surface area contributed by atoms with Crippen LogP contribution < -0.4 is 0 Å². The third-order valence-corrected chi connectivity index (χ3v) is 6.07. The van der Waals surface area contributed by atoms with Crippen molar-refractivity contribution < 1.29 is 0 Å². The number of thiazole rings is 1. The van der Waals surface area contributed by atoms with E-state index in [-0.39, 0.29) is 0 Å². The smallest absolute Gasteiger partial charge is 0.126 e. The molecule has 2 aromatic heterocycles. The molecule has 0 amide bonds. The molecule has 1 fully saturated rings. The zero-order valence-corrected chi connectivity index (χ0v) is 15.4. The Hall–Kier alpha value is -1.28. The molecule has 2 aromatic rings. The predicted octanol–water partition coefficient (Wildman–Crippen LogP) is 1.66. The van der Waals surface area contributed by atoms with Crippen LogP contribution in [0.3, 0.4) is 0 Å². The second-order valence-corrected chi connectivity index (χ2v) is 7.89. The van der Waals surface area contributed by atoms with E-state index < -0.39 is 0 Å². The highest BCUT2D eigenvalue weighted by molar-refractivity contribution is 7.09. The van der Waals surface area contributed by atoms with Gasteiger partial charge >= 0.3 is 0 Å². The molecule has 0 aromatic carbocycles. The van der Waals surface area contributed by atoms with E-state index in [1.54, 1.807) is 11.3 Å². The molecular formula is C17H26N6S. The second-order valence-electron chi connectivity index (χ2n) is 6.91. The number of fused-ring (bicyclic) bond motifs is 1. The minimum atomic E-state index is 0.351. The first kappa shape index (κ1) is 16.2. The van der Waals surface area contributed by atoms with Crippen molar-refractivity contribution >= 4 is 11.3 Å². The van der Waals surface area contributed by atoms with Gasteiger partial charge in [-0.2, -0.15) is 0 Å². The molecule has 0 unspecified atom stereocenters. The van der Waals surface area contributed by atoms with Crippen LogP contribution in [0, 0.1) is 0 Å². The fourth-order valence-electron chi connectivity index (χ4n) is 3.69. The van der Waals surface area contributed by atoms with Crippen LogP contribution in [0.15, 0.2) is 17.8 Å². The topological polar surface area (TPSA) is 40.4 Å². The monoisotopic (exact) mass is 346 g/mol. The average Bonchev–Trinajstić information content (AvgIpc) is 3.23. The van der Waals surface area contributed by atoms with E-state index in [1.165, 1.54) is 29.6 Å². The normalized spacial score (nSPS) is 23.5. The highest BCUT2D eigenvalue weighted by Gasteiger charge is 2.28. The highest BCUT2D eigenvalue weighted by Crippen LogP contribution is 2.27. The maximum absolute atomic E-state index is 4.76. The molecule has 0 saturated carbocycles. The molecule has 7 heteroatoms. The van der Waals surface area contributed by atoms with E-state index in [2.05, 4.69) is 49.8 Å². The Balaban J connectivity index is 1.44. The molecule has 4 rings (SSSR count). The van der Waals surface area contributed by atoms with E-state index >= 15 is 0 Å². The molecule has 0 N–H and O–H groups in total. The van der Waals surface area contributed by atoms with Crippen molar-refractivity contribution in [2.24, 2.45) is 0 Å². The Morgan fingerprint density at radius 2 is 1.92 bits per heavy atom. The molecule has 6 nitrogen and oxygen atoms in total. The number of imidazole rings is 1. The van der Waals surface area contributed by atoms with Crippen LogP contribution in [0.4, 0.5) is 0 Å². The van der Waals surface area contributed by atoms with Gasteiger partial charge in [-0.25, -0.2) is 9.97 Å². The van der Waals surface area contributed by atoms with E-state index in [1.807, 2.05) is 6.20 Å². The van der Waals surface area contributed by atoms with Crippen LogP contribution in [0.5, 0.6) is 0 Å². The summed E-state index contributed by atoms with van der Waals surface area (Å²) in [6.45, 7) is 11.0. The third kappa shape index (κ3) is 3.26. The van der Waals surface area contributed by atoms with Crippen molar-refractivity contribution in [3.63, 3.8) is 0 Å². The van der Waals surface area contributed by atoms with Gasteiger partial charge in [-0.1, -0.05) is 0 Å². The molecule has 1 atom stereocenters. The Kier molecular flexibility index (Phi) is 4.67. The molecule has 4 heterocycles. The van der Waals surface area contributed by atoms with Gasteiger partial charge in [-0.05, 0) is 14.0 Å². The summed E-state index contributed by atoms with van der Waals surface area (Å²) in [5.74, 6) is 1.21. The molecule has 130 valence electrons. The maximum atomic E-state index is 4.76. The summed E-state index contributed by atoms with van der Waals surface area (Å²) < 4.78 is 2.45. The van der Waals surface area contributed by atoms with Crippen LogP contribution in [-0.4, -0.2) is 69.0 Å². The first-order chi connectivity index (χ1) is 11.7. The summed E-state index contributed by atoms with van der Waals surface area (Å²) in [5.41, 5.74) is 1.37. The zero-order chi connectivity index (χ0) is 16.5. The van der Waals surface area contributed by atoms with Crippen LogP contribution in [0.25, 0.3) is 0 Å². The summed E-state index contributed by atoms with van der Waals surface area (Å²) in [5, 5.41) is 3.25. The summed E-state index contributed by atoms with van der Waals surface area (Å²) in [4.78, 5) is 16.6. The predicted molar refractivity (Wildman–Crippen MR) is 95.9 cm³/mol. The molecule has 2 aliphatic rings. The van der Waals surface area contributed by atoms with Crippen LogP contribution in [0.2, 0.25) is 0 Å². The van der Waals surface area contributed by atoms with Gasteiger partial charge in [-0.3, -0.25) is 9.80 Å². The van der Waals surface area contributed by atoms with Gasteiger partial charge in [0.05, 0.1) is 18.3 Å². The van der Waals surface area contributed by atoms with E-state index in [0.29, 0.717) is 6.04 Å². The highest BCUT2D eigenvalue weighted by atomic mass is 32.1. The number of hydrogen-bond acceptors (Lipinski definition) is 6. The fraction of sp³-hybridized carbons (Fsp3) is 0.647. The molecular weight excluding hydrogens is 320 g/mol. The SMILES string of the molecule is C[C@@H]1c2ncc(CN3CCN(C)CC3)n2CCN1Cc1nccs1. The lowest BCUT2D eigenvalue weighted by atomic mass is 10.2. The van der Waals surface area contributed by atoms with E-state index in [9.17, 15) is 0 Å². The quantitative estimate of drug-likeness (QED) is 0.842. The standard InChI is InChI=1S/C17H26N6S/c1-14-17-19-11-15(12-21-6-4-20(2)5-7-21)23(17)9-8-22(14)13-16-18-3-10-24-16/h3,10-11,14H,4-9,12-13H2,1-2H3/t14-/m1/s1. The first-order valence-electron chi connectivity index (χ1n) is 8.78. The van der Waals surface area contributed by atoms with Crippen molar-refractivity contribution in [3.05, 3.63) is 34.3 Å². The lowest BCUT2D eigenvalue weighted by molar-refractivity contribution is 0.136. The average molecular weight is 347 g/mol. The first-order valence-corrected chi connectivity index (χ1v) is 9.66. The molecule has 1 saturated heterocycles. The minimum Gasteiger partial charge on any atom is -0.328 e. The van der Waals surface area contributed by atoms with Crippen molar-refractivity contribution in [1.82, 2.24) is 29.2 Å². The van der Waals surface area contributed by atoms with Crippen molar-refractivity contribution in [3.8, 4) is 0 Å². The Labute approximate surface area is 147 Å². The minimum absolute atomic E-state index is 0.351. The van der Waals surface area contributed by atoms with Gasteiger partial charge in [0.25, 0.3) is 0 Å². The molecule has 0 radical (unpaired) electrons. The number of likely N-dealkylation sites (N-methyl/N-ethyl adjacent to an activating group) is 1. The zero-order valence-electron chi connectivity index (χ0n) is 14.6. The maximum Gasteiger partial charge on any atom is 0.126 e. The van der Waals surface area contributed by atoms with Gasteiger partial charge < -0.3 is 9.47 Å². The van der Waals surface area contributed by atoms with Gasteiger partial charge in [-0.15, -0.1) is 11.3 Å². The summed E-state index contributed by atoms with van der Waals surface area (Å²) >= 11 is 1.74. The molecule has 0 spiro atoms. The van der Waals surface area contributed by atoms with Gasteiger partial charge in [0, 0.05) is 63.6 Å². The summed E-state index contributed by atoms with van der Waals surface area (Å²) in [7, 11) is 2.21. The fourth-order valence-corrected chi connectivity index (χ4v) is 4.33. The third-order valence-electron chi connectivity index (χ3n) is 5.30. The van der Waals surface area contributed by atoms with Gasteiger partial charge in [0.2, 0.25) is 0 Å². The second kappa shape index (κ2) is 6.92. The number of aromatic nitrogens is 3. The van der Waals surface area contributed by atoms with Crippen LogP contribution in [0.1, 0.15) is 29.5 Å². The molecule has 2 aliphatic heterocycles. The molecule has 0 aliphatic carbocycles. The van der Waals surface area contributed by atoms with Crippen molar-refractivity contribution in [2.75, 3.05) is 39.8 Å². The van der Waals surface area contributed by atoms with Crippen LogP contribution in [-0.2, 0) is 19.6 Å². The largest absolute Gasteiger partial charge is 0.328 e. The lowest BCUT2D eigenvalue weighted by Crippen LogP contribution is -2.44. The van der Waals surface area contributed by atoms with E-state index in [4.69, 9.17) is 4.98 Å². The number of nitrogens with zero attached hydrogens (tertiary/aromatic N) is 6.